The van der Waals surface area contributed by atoms with E-state index in [9.17, 15) is 31.2 Å². The van der Waals surface area contributed by atoms with E-state index < -0.39 is 45.1 Å². The van der Waals surface area contributed by atoms with Gasteiger partial charge in [0.1, 0.15) is 0 Å². The Hall–Kier alpha value is -2.14. The summed E-state index contributed by atoms with van der Waals surface area (Å²) in [6, 6.07) is 2.30. The van der Waals surface area contributed by atoms with Crippen LogP contribution in [-0.2, 0) is 21.0 Å². The normalized spacial score (nSPS) is 12.5. The Kier molecular flexibility index (Phi) is 8.64. The zero-order valence-corrected chi connectivity index (χ0v) is 17.5. The minimum Gasteiger partial charge on any atom is -0.336 e. The van der Waals surface area contributed by atoms with Crippen molar-refractivity contribution >= 4 is 22.0 Å². The highest BCUT2D eigenvalue weighted by atomic mass is 32.2. The summed E-state index contributed by atoms with van der Waals surface area (Å²) in [5.74, 6) is -0.802. The molecule has 0 radical (unpaired) electrons. The van der Waals surface area contributed by atoms with Gasteiger partial charge in [0.15, 0.2) is 0 Å². The lowest BCUT2D eigenvalue weighted by Crippen LogP contribution is -2.47. The SMILES string of the molecule is CC(C)CCN(CC(=O)NC(=O)NC(C)C)S(=O)(=O)c1cccc(C(F)(F)F)c1. The third kappa shape index (κ3) is 8.01. The predicted molar refractivity (Wildman–Crippen MR) is 101 cm³/mol. The van der Waals surface area contributed by atoms with Crippen LogP contribution in [0.2, 0.25) is 0 Å². The van der Waals surface area contributed by atoms with Crippen LogP contribution in [0.15, 0.2) is 29.2 Å². The summed E-state index contributed by atoms with van der Waals surface area (Å²) < 4.78 is 65.4. The Morgan fingerprint density at radius 1 is 1.14 bits per heavy atom. The lowest BCUT2D eigenvalue weighted by Gasteiger charge is -2.23. The molecule has 1 rings (SSSR count). The lowest BCUT2D eigenvalue weighted by atomic mass is 10.1. The summed E-state index contributed by atoms with van der Waals surface area (Å²) in [5.41, 5.74) is -1.11. The van der Waals surface area contributed by atoms with E-state index in [0.29, 0.717) is 12.5 Å². The minimum absolute atomic E-state index is 0.0847. The number of carbonyl (C=O) groups is 2. The smallest absolute Gasteiger partial charge is 0.336 e. The molecule has 11 heteroatoms. The standard InChI is InChI=1S/C18H26F3N3O4S/c1-12(2)8-9-24(11-16(25)23-17(26)22-13(3)4)29(27,28)15-7-5-6-14(10-15)18(19,20)21/h5-7,10,12-13H,8-9,11H2,1-4H3,(H2,22,23,25,26). The van der Waals surface area contributed by atoms with Gasteiger partial charge in [-0.1, -0.05) is 19.9 Å². The van der Waals surface area contributed by atoms with Gasteiger partial charge in [-0.05, 0) is 44.4 Å². The van der Waals surface area contributed by atoms with E-state index in [1.165, 1.54) is 0 Å². The average molecular weight is 437 g/mol. The predicted octanol–water partition coefficient (Wildman–Crippen LogP) is 2.98. The Labute approximate surface area is 168 Å². The van der Waals surface area contributed by atoms with Crippen molar-refractivity contribution in [3.05, 3.63) is 29.8 Å². The molecule has 29 heavy (non-hydrogen) atoms. The molecule has 2 N–H and O–H groups in total. The van der Waals surface area contributed by atoms with Crippen molar-refractivity contribution in [1.29, 1.82) is 0 Å². The first-order valence-electron chi connectivity index (χ1n) is 9.01. The number of nitrogens with zero attached hydrogens (tertiary/aromatic N) is 1. The zero-order chi connectivity index (χ0) is 22.4. The molecule has 0 saturated heterocycles. The quantitative estimate of drug-likeness (QED) is 0.654. The van der Waals surface area contributed by atoms with E-state index in [-0.39, 0.29) is 18.5 Å². The van der Waals surface area contributed by atoms with Gasteiger partial charge >= 0.3 is 12.2 Å². The van der Waals surface area contributed by atoms with Crippen LogP contribution in [-0.4, -0.2) is 43.8 Å². The lowest BCUT2D eigenvalue weighted by molar-refractivity contribution is -0.137. The molecule has 1 aromatic rings. The van der Waals surface area contributed by atoms with Gasteiger partial charge in [-0.3, -0.25) is 10.1 Å². The number of benzene rings is 1. The van der Waals surface area contributed by atoms with Crippen LogP contribution in [0.3, 0.4) is 0 Å². The van der Waals surface area contributed by atoms with E-state index >= 15 is 0 Å². The Morgan fingerprint density at radius 3 is 2.28 bits per heavy atom. The van der Waals surface area contributed by atoms with Crippen LogP contribution >= 0.6 is 0 Å². The van der Waals surface area contributed by atoms with Gasteiger partial charge in [0, 0.05) is 12.6 Å². The van der Waals surface area contributed by atoms with Crippen LogP contribution in [0.25, 0.3) is 0 Å². The molecular formula is C18H26F3N3O4S. The maximum absolute atomic E-state index is 13.0. The highest BCUT2D eigenvalue weighted by Crippen LogP contribution is 2.31. The van der Waals surface area contributed by atoms with Crippen molar-refractivity contribution in [1.82, 2.24) is 14.9 Å². The topological polar surface area (TPSA) is 95.6 Å². The van der Waals surface area contributed by atoms with E-state index in [4.69, 9.17) is 0 Å². The van der Waals surface area contributed by atoms with Crippen LogP contribution in [0.5, 0.6) is 0 Å². The van der Waals surface area contributed by atoms with Gasteiger partial charge in [0.05, 0.1) is 17.0 Å². The Bertz CT molecular complexity index is 824. The van der Waals surface area contributed by atoms with Crippen LogP contribution in [0, 0.1) is 5.92 Å². The van der Waals surface area contributed by atoms with Gasteiger partial charge in [0.25, 0.3) is 0 Å². The fourth-order valence-corrected chi connectivity index (χ4v) is 3.75. The molecule has 7 nitrogen and oxygen atoms in total. The Morgan fingerprint density at radius 2 is 1.76 bits per heavy atom. The summed E-state index contributed by atoms with van der Waals surface area (Å²) in [6.45, 7) is 6.25. The molecule has 164 valence electrons. The summed E-state index contributed by atoms with van der Waals surface area (Å²) in [5, 5.41) is 4.44. The van der Waals surface area contributed by atoms with Gasteiger partial charge in [-0.25, -0.2) is 13.2 Å². The van der Waals surface area contributed by atoms with E-state index in [2.05, 4.69) is 5.32 Å². The number of amides is 3. The first-order valence-corrected chi connectivity index (χ1v) is 10.4. The number of urea groups is 1. The number of hydrogen-bond acceptors (Lipinski definition) is 4. The molecule has 0 bridgehead atoms. The number of rotatable bonds is 8. The monoisotopic (exact) mass is 437 g/mol. The summed E-state index contributed by atoms with van der Waals surface area (Å²) >= 11 is 0. The van der Waals surface area contributed by atoms with Crippen LogP contribution in [0.1, 0.15) is 39.7 Å². The molecule has 1 aromatic carbocycles. The van der Waals surface area contributed by atoms with E-state index in [1.54, 1.807) is 13.8 Å². The second-order valence-corrected chi connectivity index (χ2v) is 9.16. The number of halogens is 3. The molecule has 0 aromatic heterocycles. The molecule has 0 spiro atoms. The summed E-state index contributed by atoms with van der Waals surface area (Å²) in [6.07, 6.45) is -4.33. The van der Waals surface area contributed by atoms with Crippen LogP contribution < -0.4 is 10.6 Å². The molecule has 0 aliphatic heterocycles. The fourth-order valence-electron chi connectivity index (χ4n) is 2.29. The van der Waals surface area contributed by atoms with Gasteiger partial charge in [0.2, 0.25) is 15.9 Å². The molecule has 0 unspecified atom stereocenters. The maximum Gasteiger partial charge on any atom is 0.416 e. The molecule has 0 aliphatic rings. The first kappa shape index (κ1) is 24.9. The number of nitrogens with one attached hydrogen (secondary N) is 2. The minimum atomic E-state index is -4.71. The second kappa shape index (κ2) is 10.1. The third-order valence-electron chi connectivity index (χ3n) is 3.75. The van der Waals surface area contributed by atoms with Crippen molar-refractivity contribution in [2.75, 3.05) is 13.1 Å². The maximum atomic E-state index is 13.0. The summed E-state index contributed by atoms with van der Waals surface area (Å²) in [7, 11) is -4.39. The third-order valence-corrected chi connectivity index (χ3v) is 5.59. The van der Waals surface area contributed by atoms with E-state index in [1.807, 2.05) is 19.2 Å². The molecular weight excluding hydrogens is 411 g/mol. The number of hydrogen-bond donors (Lipinski definition) is 2. The van der Waals surface area contributed by atoms with Gasteiger partial charge < -0.3 is 5.32 Å². The van der Waals surface area contributed by atoms with Gasteiger partial charge in [-0.15, -0.1) is 0 Å². The molecule has 0 saturated carbocycles. The van der Waals surface area contributed by atoms with E-state index in [0.717, 1.165) is 22.5 Å². The van der Waals surface area contributed by atoms with Crippen molar-refractivity contribution in [3.63, 3.8) is 0 Å². The second-order valence-electron chi connectivity index (χ2n) is 7.22. The van der Waals surface area contributed by atoms with Crippen molar-refractivity contribution in [3.8, 4) is 0 Å². The highest BCUT2D eigenvalue weighted by Gasteiger charge is 2.33. The van der Waals surface area contributed by atoms with Crippen molar-refractivity contribution in [2.45, 2.75) is 51.2 Å². The average Bonchev–Trinajstić information content (AvgIpc) is 2.56. The van der Waals surface area contributed by atoms with Crippen molar-refractivity contribution in [2.24, 2.45) is 5.92 Å². The molecule has 0 heterocycles. The largest absolute Gasteiger partial charge is 0.416 e. The van der Waals surface area contributed by atoms with Crippen molar-refractivity contribution < 1.29 is 31.2 Å². The fraction of sp³-hybridized carbons (Fsp3) is 0.556. The molecule has 0 aliphatic carbocycles. The molecule has 0 fully saturated rings. The van der Waals surface area contributed by atoms with Crippen LogP contribution in [0.4, 0.5) is 18.0 Å². The molecule has 0 atom stereocenters. The highest BCUT2D eigenvalue weighted by molar-refractivity contribution is 7.89. The number of sulfonamides is 1. The van der Waals surface area contributed by atoms with Gasteiger partial charge in [-0.2, -0.15) is 17.5 Å². The molecule has 3 amide bonds. The zero-order valence-electron chi connectivity index (χ0n) is 16.7. The Balaban J connectivity index is 3.12. The number of alkyl halides is 3. The number of imide groups is 1. The summed E-state index contributed by atoms with van der Waals surface area (Å²) in [4.78, 5) is 23.2. The first-order chi connectivity index (χ1) is 13.2. The number of carbonyl (C=O) groups excluding carboxylic acids is 2.